The van der Waals surface area contributed by atoms with Crippen molar-refractivity contribution in [1.29, 1.82) is 0 Å². The van der Waals surface area contributed by atoms with Crippen LogP contribution < -0.4 is 11.4 Å². The number of nitrogen functional groups attached to an aromatic ring is 1. The monoisotopic (exact) mass is 283 g/mol. The van der Waals surface area contributed by atoms with Crippen molar-refractivity contribution in [2.75, 3.05) is 12.3 Å². The van der Waals surface area contributed by atoms with Gasteiger partial charge in [0.15, 0.2) is 6.23 Å². The average molecular weight is 283 g/mol. The van der Waals surface area contributed by atoms with E-state index in [2.05, 4.69) is 9.97 Å². The summed E-state index contributed by atoms with van der Waals surface area (Å²) in [5.41, 5.74) is 4.81. The molecule has 3 heterocycles. The molecule has 10 nitrogen and oxygen atoms in total. The summed E-state index contributed by atoms with van der Waals surface area (Å²) in [5.74, 6) is -0.0842. The van der Waals surface area contributed by atoms with Gasteiger partial charge in [-0.05, 0) is 0 Å². The van der Waals surface area contributed by atoms with E-state index in [0.717, 1.165) is 4.40 Å². The third-order valence-corrected chi connectivity index (χ3v) is 3.24. The minimum atomic E-state index is -1.27. The molecular formula is C10H13N5O5. The first-order valence-corrected chi connectivity index (χ1v) is 5.88. The molecule has 0 aliphatic carbocycles. The number of rotatable bonds is 2. The lowest BCUT2D eigenvalue weighted by Gasteiger charge is -2.16. The zero-order valence-corrected chi connectivity index (χ0v) is 10.2. The van der Waals surface area contributed by atoms with Crippen molar-refractivity contribution in [3.05, 3.63) is 22.9 Å². The van der Waals surface area contributed by atoms with Crippen molar-refractivity contribution in [2.24, 2.45) is 0 Å². The van der Waals surface area contributed by atoms with Gasteiger partial charge in [0.25, 0.3) is 0 Å². The molecule has 1 aliphatic rings. The Balaban J connectivity index is 2.09. The van der Waals surface area contributed by atoms with E-state index in [1.165, 1.54) is 17.0 Å². The van der Waals surface area contributed by atoms with Gasteiger partial charge in [-0.15, -0.1) is 0 Å². The summed E-state index contributed by atoms with van der Waals surface area (Å²) < 4.78 is 7.84. The molecule has 0 unspecified atom stereocenters. The van der Waals surface area contributed by atoms with Crippen LogP contribution in [-0.2, 0) is 4.74 Å². The molecule has 4 atom stereocenters. The second kappa shape index (κ2) is 4.52. The normalized spacial score (nSPS) is 30.1. The third-order valence-electron chi connectivity index (χ3n) is 3.24. The van der Waals surface area contributed by atoms with Crippen LogP contribution in [-0.4, -0.2) is 59.2 Å². The summed E-state index contributed by atoms with van der Waals surface area (Å²) in [7, 11) is 0. The van der Waals surface area contributed by atoms with Crippen LogP contribution in [0.5, 0.6) is 0 Å². The topological polar surface area (TPSA) is 148 Å². The van der Waals surface area contributed by atoms with Crippen molar-refractivity contribution >= 4 is 11.7 Å². The van der Waals surface area contributed by atoms with Crippen LogP contribution in [0.1, 0.15) is 6.23 Å². The molecule has 0 radical (unpaired) electrons. The molecule has 10 heteroatoms. The Morgan fingerprint density at radius 3 is 2.70 bits per heavy atom. The molecule has 3 rings (SSSR count). The minimum absolute atomic E-state index is 0.123. The molecule has 0 bridgehead atoms. The lowest BCUT2D eigenvalue weighted by atomic mass is 10.1. The largest absolute Gasteiger partial charge is 0.394 e. The number of hydrogen-bond donors (Lipinski definition) is 4. The van der Waals surface area contributed by atoms with Crippen molar-refractivity contribution in [1.82, 2.24) is 18.9 Å². The van der Waals surface area contributed by atoms with Gasteiger partial charge in [0, 0.05) is 12.4 Å². The van der Waals surface area contributed by atoms with E-state index in [1.807, 2.05) is 0 Å². The smallest absolute Gasteiger partial charge is 0.357 e. The Morgan fingerprint density at radius 1 is 1.30 bits per heavy atom. The molecular weight excluding hydrogens is 270 g/mol. The number of nitrogens with zero attached hydrogens (tertiary/aromatic N) is 4. The maximum absolute atomic E-state index is 11.6. The summed E-state index contributed by atoms with van der Waals surface area (Å²) in [4.78, 5) is 19.0. The zero-order chi connectivity index (χ0) is 14.4. The van der Waals surface area contributed by atoms with Crippen LogP contribution in [0.4, 0.5) is 5.95 Å². The van der Waals surface area contributed by atoms with Crippen LogP contribution in [0.15, 0.2) is 17.2 Å². The predicted octanol–water partition coefficient (Wildman–Crippen LogP) is -2.92. The second-order valence-corrected chi connectivity index (χ2v) is 4.47. The average Bonchev–Trinajstić information content (AvgIpc) is 2.93. The molecule has 108 valence electrons. The molecule has 2 aromatic rings. The highest BCUT2D eigenvalue weighted by Crippen LogP contribution is 2.30. The van der Waals surface area contributed by atoms with Gasteiger partial charge in [-0.3, -0.25) is 4.57 Å². The van der Waals surface area contributed by atoms with Gasteiger partial charge >= 0.3 is 5.69 Å². The Labute approximate surface area is 111 Å². The summed E-state index contributed by atoms with van der Waals surface area (Å²) in [6, 6.07) is 0. The number of ether oxygens (including phenoxy) is 1. The van der Waals surface area contributed by atoms with Gasteiger partial charge in [0.1, 0.15) is 18.3 Å². The van der Waals surface area contributed by atoms with Gasteiger partial charge in [-0.1, -0.05) is 0 Å². The number of imidazole rings is 1. The molecule has 1 saturated heterocycles. The molecule has 1 fully saturated rings. The number of aromatic nitrogens is 4. The molecule has 0 spiro atoms. The number of aliphatic hydroxyl groups excluding tert-OH is 3. The molecule has 0 aromatic carbocycles. The number of hydrogen-bond acceptors (Lipinski definition) is 8. The second-order valence-electron chi connectivity index (χ2n) is 4.47. The van der Waals surface area contributed by atoms with Crippen LogP contribution in [0.2, 0.25) is 0 Å². The number of anilines is 1. The van der Waals surface area contributed by atoms with E-state index in [1.54, 1.807) is 0 Å². The van der Waals surface area contributed by atoms with E-state index in [4.69, 9.17) is 15.6 Å². The fraction of sp³-hybridized carbons (Fsp3) is 0.500. The highest BCUT2D eigenvalue weighted by molar-refractivity contribution is 5.35. The van der Waals surface area contributed by atoms with Gasteiger partial charge < -0.3 is 25.8 Å². The Hall–Kier alpha value is -2.01. The first-order chi connectivity index (χ1) is 9.52. The Bertz CT molecular complexity index is 697. The first-order valence-electron chi connectivity index (χ1n) is 5.88. The van der Waals surface area contributed by atoms with Gasteiger partial charge in [0.05, 0.1) is 6.61 Å². The summed E-state index contributed by atoms with van der Waals surface area (Å²) in [6.07, 6.45) is -1.56. The third kappa shape index (κ3) is 1.78. The number of fused-ring (bicyclic) bond motifs is 1. The van der Waals surface area contributed by atoms with E-state index >= 15 is 0 Å². The van der Waals surface area contributed by atoms with Gasteiger partial charge in [0.2, 0.25) is 11.7 Å². The van der Waals surface area contributed by atoms with Crippen molar-refractivity contribution in [3.8, 4) is 0 Å². The maximum atomic E-state index is 11.6. The SMILES string of the molecule is Nc1nc(=O)n2ccn([C@H]3O[C@@H](CO)[C@@H](O)[C@H]3O)c2n1. The molecule has 0 saturated carbocycles. The summed E-state index contributed by atoms with van der Waals surface area (Å²) >= 11 is 0. The summed E-state index contributed by atoms with van der Waals surface area (Å²) in [5, 5.41) is 28.8. The predicted molar refractivity (Wildman–Crippen MR) is 64.7 cm³/mol. The Morgan fingerprint density at radius 2 is 2.05 bits per heavy atom. The molecule has 5 N–H and O–H groups in total. The molecule has 1 aliphatic heterocycles. The van der Waals surface area contributed by atoms with Gasteiger partial charge in [-0.2, -0.15) is 9.97 Å². The van der Waals surface area contributed by atoms with E-state index in [9.17, 15) is 15.0 Å². The lowest BCUT2D eigenvalue weighted by Crippen LogP contribution is -2.33. The lowest BCUT2D eigenvalue weighted by molar-refractivity contribution is -0.0510. The van der Waals surface area contributed by atoms with Crippen molar-refractivity contribution in [2.45, 2.75) is 24.5 Å². The first kappa shape index (κ1) is 13.0. The van der Waals surface area contributed by atoms with E-state index in [0.29, 0.717) is 0 Å². The quantitative estimate of drug-likeness (QED) is 0.458. The van der Waals surface area contributed by atoms with Gasteiger partial charge in [-0.25, -0.2) is 9.20 Å². The van der Waals surface area contributed by atoms with Crippen molar-refractivity contribution < 1.29 is 20.1 Å². The number of aliphatic hydroxyl groups is 3. The van der Waals surface area contributed by atoms with E-state index in [-0.39, 0.29) is 11.7 Å². The highest BCUT2D eigenvalue weighted by Gasteiger charge is 2.43. The standard InChI is InChI=1S/C10H13N5O5/c11-8-12-9-14(1-2-15(9)10(19)13-8)7-6(18)5(17)4(3-16)20-7/h1-2,4-7,16-18H,3H2,(H2,11,13,19)/t4-,5+,6+,7-/m0/s1. The minimum Gasteiger partial charge on any atom is -0.394 e. The number of nitrogens with two attached hydrogens (primary N) is 1. The Kier molecular flexibility index (Phi) is 2.94. The maximum Gasteiger partial charge on any atom is 0.357 e. The fourth-order valence-corrected chi connectivity index (χ4v) is 2.24. The molecule has 0 amide bonds. The van der Waals surface area contributed by atoms with Crippen LogP contribution in [0.3, 0.4) is 0 Å². The fourth-order valence-electron chi connectivity index (χ4n) is 2.24. The molecule has 20 heavy (non-hydrogen) atoms. The van der Waals surface area contributed by atoms with E-state index < -0.39 is 36.8 Å². The van der Waals surface area contributed by atoms with Crippen molar-refractivity contribution in [3.63, 3.8) is 0 Å². The van der Waals surface area contributed by atoms with Crippen LogP contribution in [0.25, 0.3) is 5.78 Å². The van der Waals surface area contributed by atoms with Crippen LogP contribution in [0, 0.1) is 0 Å². The highest BCUT2D eigenvalue weighted by atomic mass is 16.6. The van der Waals surface area contributed by atoms with Crippen LogP contribution >= 0.6 is 0 Å². The zero-order valence-electron chi connectivity index (χ0n) is 10.2. The molecule has 2 aromatic heterocycles. The summed E-state index contributed by atoms with van der Waals surface area (Å²) in [6.45, 7) is -0.439.